The van der Waals surface area contributed by atoms with E-state index in [4.69, 9.17) is 9.47 Å². The third-order valence-electron chi connectivity index (χ3n) is 4.47. The highest BCUT2D eigenvalue weighted by Crippen LogP contribution is 2.44. The Morgan fingerprint density at radius 3 is 2.31 bits per heavy atom. The smallest absolute Gasteiger partial charge is 0.410 e. The van der Waals surface area contributed by atoms with Gasteiger partial charge >= 0.3 is 12.1 Å². The molecule has 1 fully saturated rings. The fourth-order valence-corrected chi connectivity index (χ4v) is 2.72. The Morgan fingerprint density at radius 2 is 1.83 bits per heavy atom. The number of carbonyl (C=O) groups excluding carboxylic acids is 2. The molecule has 1 saturated heterocycles. The second-order valence-corrected chi connectivity index (χ2v) is 8.31. The highest BCUT2D eigenvalue weighted by atomic mass is 19.3. The van der Waals surface area contributed by atoms with Gasteiger partial charge in [0, 0.05) is 20.0 Å². The van der Waals surface area contributed by atoms with Crippen molar-refractivity contribution in [3.8, 4) is 0 Å². The van der Waals surface area contributed by atoms with Crippen LogP contribution in [0.4, 0.5) is 13.6 Å². The minimum atomic E-state index is -2.98. The molecule has 0 aliphatic carbocycles. The second kappa shape index (κ2) is 9.85. The fourth-order valence-electron chi connectivity index (χ4n) is 2.72. The molecule has 1 aromatic carbocycles. The molecule has 162 valence electrons. The molecule has 2 rings (SSSR count). The van der Waals surface area contributed by atoms with Crippen molar-refractivity contribution >= 4 is 12.1 Å². The van der Waals surface area contributed by atoms with Crippen molar-refractivity contribution in [3.63, 3.8) is 0 Å². The van der Waals surface area contributed by atoms with Gasteiger partial charge in [0.05, 0.1) is 5.41 Å². The molecular formula is C22H31F2NO4. The first-order chi connectivity index (χ1) is 13.3. The van der Waals surface area contributed by atoms with Gasteiger partial charge in [-0.1, -0.05) is 43.8 Å². The van der Waals surface area contributed by atoms with Gasteiger partial charge in [-0.15, -0.1) is 0 Å². The maximum Gasteiger partial charge on any atom is 0.410 e. The number of nitrogens with zero attached hydrogens (tertiary/aromatic N) is 1. The molecule has 1 atom stereocenters. The Balaban J connectivity index is 0.000000326. The summed E-state index contributed by atoms with van der Waals surface area (Å²) < 4.78 is 37.4. The molecule has 1 unspecified atom stereocenters. The molecule has 0 radical (unpaired) electrons. The van der Waals surface area contributed by atoms with Crippen LogP contribution >= 0.6 is 0 Å². The third kappa shape index (κ3) is 7.83. The number of ether oxygens (including phenoxy) is 2. The Kier molecular flexibility index (Phi) is 8.36. The Bertz CT molecular complexity index is 701. The van der Waals surface area contributed by atoms with E-state index < -0.39 is 23.0 Å². The number of halogens is 2. The predicted octanol–water partition coefficient (Wildman–Crippen LogP) is 5.20. The molecule has 5 nitrogen and oxygen atoms in total. The van der Waals surface area contributed by atoms with Crippen LogP contribution in [0.25, 0.3) is 0 Å². The van der Waals surface area contributed by atoms with Crippen LogP contribution < -0.4 is 0 Å². The van der Waals surface area contributed by atoms with Crippen molar-refractivity contribution in [2.24, 2.45) is 5.41 Å². The summed E-state index contributed by atoms with van der Waals surface area (Å²) in [5.74, 6) is -3.22. The molecular weight excluding hydrogens is 380 g/mol. The number of benzene rings is 1. The third-order valence-corrected chi connectivity index (χ3v) is 4.47. The molecule has 0 saturated carbocycles. The minimum absolute atomic E-state index is 0.0130. The van der Waals surface area contributed by atoms with Gasteiger partial charge in [0.15, 0.2) is 0 Å². The van der Waals surface area contributed by atoms with E-state index in [0.717, 1.165) is 5.56 Å². The number of hydrogen-bond acceptors (Lipinski definition) is 4. The monoisotopic (exact) mass is 411 g/mol. The maximum atomic E-state index is 13.7. The predicted molar refractivity (Wildman–Crippen MR) is 108 cm³/mol. The quantitative estimate of drug-likeness (QED) is 0.504. The maximum absolute atomic E-state index is 13.7. The fraction of sp³-hybridized carbons (Fsp3) is 0.545. The number of likely N-dealkylation sites (tertiary alicyclic amines) is 1. The standard InChI is InChI=1S/C13H21F2NO2.C9H10O2/c1-6-13(14,15)12(5)7-8-16(9-12)10(17)18-11(2,3)4;1-8(10)11-7-9-5-3-2-4-6-9/h6H,1,7-9H2,2-5H3;2-6H,7H2,1H3. The number of alkyl halides is 2. The summed E-state index contributed by atoms with van der Waals surface area (Å²) in [7, 11) is 0. The van der Waals surface area contributed by atoms with Crippen LogP contribution in [-0.2, 0) is 20.9 Å². The Labute approximate surface area is 171 Å². The number of amides is 1. The van der Waals surface area contributed by atoms with E-state index in [1.807, 2.05) is 30.3 Å². The summed E-state index contributed by atoms with van der Waals surface area (Å²) in [4.78, 5) is 23.5. The lowest BCUT2D eigenvalue weighted by molar-refractivity contribution is -0.142. The Hall–Kier alpha value is -2.44. The molecule has 0 bridgehead atoms. The van der Waals surface area contributed by atoms with Gasteiger partial charge in [0.2, 0.25) is 0 Å². The average Bonchev–Trinajstić information content (AvgIpc) is 3.04. The van der Waals surface area contributed by atoms with Crippen molar-refractivity contribution in [1.82, 2.24) is 4.90 Å². The lowest BCUT2D eigenvalue weighted by atomic mass is 9.82. The average molecular weight is 411 g/mol. The van der Waals surface area contributed by atoms with E-state index in [2.05, 4.69) is 6.58 Å². The van der Waals surface area contributed by atoms with Gasteiger partial charge in [0.25, 0.3) is 5.92 Å². The van der Waals surface area contributed by atoms with Gasteiger partial charge in [-0.3, -0.25) is 4.79 Å². The number of rotatable bonds is 4. The summed E-state index contributed by atoms with van der Waals surface area (Å²) in [6.45, 7) is 11.9. The molecule has 1 amide bonds. The van der Waals surface area contributed by atoms with E-state index in [1.54, 1.807) is 20.8 Å². The number of carbonyl (C=O) groups is 2. The van der Waals surface area contributed by atoms with Gasteiger partial charge in [-0.2, -0.15) is 0 Å². The minimum Gasteiger partial charge on any atom is -0.461 e. The van der Waals surface area contributed by atoms with Crippen molar-refractivity contribution in [1.29, 1.82) is 0 Å². The van der Waals surface area contributed by atoms with Crippen molar-refractivity contribution in [2.45, 2.75) is 59.2 Å². The lowest BCUT2D eigenvalue weighted by Crippen LogP contribution is -2.42. The first-order valence-corrected chi connectivity index (χ1v) is 9.46. The van der Waals surface area contributed by atoms with Crippen LogP contribution in [0.5, 0.6) is 0 Å². The van der Waals surface area contributed by atoms with E-state index in [-0.39, 0.29) is 25.5 Å². The van der Waals surface area contributed by atoms with E-state index in [1.165, 1.54) is 18.7 Å². The van der Waals surface area contributed by atoms with Gasteiger partial charge in [-0.25, -0.2) is 13.6 Å². The zero-order valence-electron chi connectivity index (χ0n) is 17.8. The Morgan fingerprint density at radius 1 is 1.24 bits per heavy atom. The van der Waals surface area contributed by atoms with Crippen LogP contribution in [0.1, 0.15) is 46.6 Å². The van der Waals surface area contributed by atoms with Crippen LogP contribution in [-0.4, -0.2) is 41.6 Å². The van der Waals surface area contributed by atoms with Crippen molar-refractivity contribution in [2.75, 3.05) is 13.1 Å². The summed E-state index contributed by atoms with van der Waals surface area (Å²) in [6.07, 6.45) is 0.364. The van der Waals surface area contributed by atoms with Crippen LogP contribution in [0, 0.1) is 5.41 Å². The number of hydrogen-bond donors (Lipinski definition) is 0. The van der Waals surface area contributed by atoms with E-state index in [0.29, 0.717) is 12.7 Å². The second-order valence-electron chi connectivity index (χ2n) is 8.31. The largest absolute Gasteiger partial charge is 0.461 e. The van der Waals surface area contributed by atoms with E-state index >= 15 is 0 Å². The molecule has 1 heterocycles. The molecule has 29 heavy (non-hydrogen) atoms. The van der Waals surface area contributed by atoms with Crippen LogP contribution in [0.15, 0.2) is 43.0 Å². The van der Waals surface area contributed by atoms with Gasteiger partial charge in [-0.05, 0) is 38.8 Å². The normalized spacial score (nSPS) is 19.1. The highest BCUT2D eigenvalue weighted by Gasteiger charge is 2.52. The number of esters is 1. The topological polar surface area (TPSA) is 55.8 Å². The van der Waals surface area contributed by atoms with Gasteiger partial charge < -0.3 is 14.4 Å². The molecule has 1 aromatic rings. The zero-order chi connectivity index (χ0) is 22.3. The van der Waals surface area contributed by atoms with Gasteiger partial charge in [0.1, 0.15) is 12.2 Å². The molecule has 7 heteroatoms. The van der Waals surface area contributed by atoms with Crippen molar-refractivity contribution in [3.05, 3.63) is 48.6 Å². The van der Waals surface area contributed by atoms with E-state index in [9.17, 15) is 18.4 Å². The highest BCUT2D eigenvalue weighted by molar-refractivity contribution is 5.68. The zero-order valence-corrected chi connectivity index (χ0v) is 17.8. The first-order valence-electron chi connectivity index (χ1n) is 9.46. The lowest BCUT2D eigenvalue weighted by Gasteiger charge is -2.31. The van der Waals surface area contributed by atoms with Crippen molar-refractivity contribution < 1.29 is 27.8 Å². The molecule has 0 spiro atoms. The summed E-state index contributed by atoms with van der Waals surface area (Å²) in [5, 5.41) is 0. The molecule has 1 aliphatic heterocycles. The van der Waals surface area contributed by atoms with Crippen LogP contribution in [0.2, 0.25) is 0 Å². The van der Waals surface area contributed by atoms with Crippen LogP contribution in [0.3, 0.4) is 0 Å². The summed E-state index contributed by atoms with van der Waals surface area (Å²) in [5.41, 5.74) is -0.856. The SMILES string of the molecule is C=CC(F)(F)C1(C)CCN(C(=O)OC(C)(C)C)C1.CC(=O)OCc1ccccc1. The molecule has 0 N–H and O–H groups in total. The molecule has 0 aromatic heterocycles. The first kappa shape index (κ1) is 24.6. The molecule has 1 aliphatic rings. The number of allylic oxidation sites excluding steroid dienone is 1. The summed E-state index contributed by atoms with van der Waals surface area (Å²) >= 11 is 0. The summed E-state index contributed by atoms with van der Waals surface area (Å²) in [6, 6.07) is 9.60.